The third-order valence-electron chi connectivity index (χ3n) is 2.58. The van der Waals surface area contributed by atoms with Crippen molar-refractivity contribution in [2.75, 3.05) is 13.1 Å². The largest absolute Gasteiger partial charge is 0.390 e. The number of likely N-dealkylation sites (tertiary alicyclic amines) is 1. The Morgan fingerprint density at radius 1 is 1.47 bits per heavy atom. The van der Waals surface area contributed by atoms with Gasteiger partial charge in [-0.15, -0.1) is 0 Å². The van der Waals surface area contributed by atoms with E-state index in [0.717, 1.165) is 5.56 Å². The minimum atomic E-state index is -0.345. The molecule has 1 aromatic rings. The molecule has 2 rings (SSSR count). The molecule has 4 heteroatoms. The number of aliphatic hydroxyl groups excluding tert-OH is 1. The standard InChI is InChI=1S/C11H11ClN2O/c12-10-4-2-1-3-9(10)11(5-13)14-6-8(15)7-14/h1-4,8,11,15H,6-7H2/t11-/m1/s1. The van der Waals surface area contributed by atoms with E-state index in [1.54, 1.807) is 6.07 Å². The summed E-state index contributed by atoms with van der Waals surface area (Å²) in [5.41, 5.74) is 0.813. The fraction of sp³-hybridized carbons (Fsp3) is 0.364. The molecular weight excluding hydrogens is 212 g/mol. The molecule has 1 aromatic carbocycles. The van der Waals surface area contributed by atoms with E-state index >= 15 is 0 Å². The van der Waals surface area contributed by atoms with Crippen molar-refractivity contribution in [2.24, 2.45) is 0 Å². The molecule has 1 heterocycles. The molecule has 0 saturated carbocycles. The van der Waals surface area contributed by atoms with Crippen molar-refractivity contribution in [3.8, 4) is 6.07 Å². The van der Waals surface area contributed by atoms with Crippen molar-refractivity contribution in [3.63, 3.8) is 0 Å². The molecule has 0 aromatic heterocycles. The number of hydrogen-bond donors (Lipinski definition) is 1. The van der Waals surface area contributed by atoms with Crippen LogP contribution in [0.2, 0.25) is 5.02 Å². The summed E-state index contributed by atoms with van der Waals surface area (Å²) in [4.78, 5) is 1.91. The van der Waals surface area contributed by atoms with Gasteiger partial charge in [0.15, 0.2) is 0 Å². The van der Waals surface area contributed by atoms with Gasteiger partial charge in [-0.2, -0.15) is 5.26 Å². The summed E-state index contributed by atoms with van der Waals surface area (Å²) in [5, 5.41) is 18.9. The van der Waals surface area contributed by atoms with Crippen LogP contribution >= 0.6 is 11.6 Å². The molecule has 0 bridgehead atoms. The highest BCUT2D eigenvalue weighted by atomic mass is 35.5. The minimum Gasteiger partial charge on any atom is -0.390 e. The second kappa shape index (κ2) is 4.19. The zero-order valence-corrected chi connectivity index (χ0v) is 8.85. The van der Waals surface area contributed by atoms with Gasteiger partial charge in [-0.1, -0.05) is 29.8 Å². The summed E-state index contributed by atoms with van der Waals surface area (Å²) < 4.78 is 0. The quantitative estimate of drug-likeness (QED) is 0.827. The highest BCUT2D eigenvalue weighted by Crippen LogP contribution is 2.29. The van der Waals surface area contributed by atoms with Gasteiger partial charge in [0.05, 0.1) is 12.2 Å². The molecule has 0 aliphatic carbocycles. The van der Waals surface area contributed by atoms with Crippen LogP contribution in [0.4, 0.5) is 0 Å². The lowest BCUT2D eigenvalue weighted by Gasteiger charge is -2.39. The fourth-order valence-electron chi connectivity index (χ4n) is 1.74. The van der Waals surface area contributed by atoms with Crippen molar-refractivity contribution in [1.82, 2.24) is 4.90 Å². The van der Waals surface area contributed by atoms with Gasteiger partial charge in [0.2, 0.25) is 0 Å². The van der Waals surface area contributed by atoms with Crippen LogP contribution < -0.4 is 0 Å². The first-order valence-electron chi connectivity index (χ1n) is 4.78. The van der Waals surface area contributed by atoms with Crippen LogP contribution in [0.5, 0.6) is 0 Å². The first-order valence-corrected chi connectivity index (χ1v) is 5.16. The van der Waals surface area contributed by atoms with Crippen LogP contribution in [0.3, 0.4) is 0 Å². The van der Waals surface area contributed by atoms with Crippen LogP contribution in [0.25, 0.3) is 0 Å². The van der Waals surface area contributed by atoms with Crippen LogP contribution in [0, 0.1) is 11.3 Å². The zero-order chi connectivity index (χ0) is 10.8. The summed E-state index contributed by atoms with van der Waals surface area (Å²) in [6.45, 7) is 1.09. The molecule has 1 aliphatic rings. The molecule has 1 atom stereocenters. The number of rotatable bonds is 2. The van der Waals surface area contributed by atoms with Gasteiger partial charge in [-0.3, -0.25) is 4.90 Å². The van der Waals surface area contributed by atoms with Crippen LogP contribution in [0.15, 0.2) is 24.3 Å². The van der Waals surface area contributed by atoms with E-state index in [0.29, 0.717) is 18.1 Å². The maximum absolute atomic E-state index is 9.19. The van der Waals surface area contributed by atoms with Crippen molar-refractivity contribution >= 4 is 11.6 Å². The summed E-state index contributed by atoms with van der Waals surface area (Å²) in [7, 11) is 0. The van der Waals surface area contributed by atoms with Crippen molar-refractivity contribution in [2.45, 2.75) is 12.1 Å². The van der Waals surface area contributed by atoms with Gasteiger partial charge in [0.25, 0.3) is 0 Å². The lowest BCUT2D eigenvalue weighted by atomic mass is 10.0. The number of halogens is 1. The molecule has 0 unspecified atom stereocenters. The molecule has 0 radical (unpaired) electrons. The monoisotopic (exact) mass is 222 g/mol. The normalized spacial score (nSPS) is 19.3. The molecule has 1 N–H and O–H groups in total. The van der Waals surface area contributed by atoms with Gasteiger partial charge in [-0.05, 0) is 6.07 Å². The van der Waals surface area contributed by atoms with Crippen LogP contribution in [-0.2, 0) is 0 Å². The topological polar surface area (TPSA) is 47.3 Å². The minimum absolute atomic E-state index is 0.302. The molecule has 0 amide bonds. The average molecular weight is 223 g/mol. The van der Waals surface area contributed by atoms with Crippen molar-refractivity contribution in [3.05, 3.63) is 34.9 Å². The summed E-state index contributed by atoms with van der Waals surface area (Å²) in [6, 6.07) is 9.19. The second-order valence-corrected chi connectivity index (χ2v) is 4.07. The lowest BCUT2D eigenvalue weighted by molar-refractivity contribution is -0.0126. The Morgan fingerprint density at radius 3 is 2.67 bits per heavy atom. The molecule has 1 aliphatic heterocycles. The van der Waals surface area contributed by atoms with Gasteiger partial charge in [0.1, 0.15) is 6.04 Å². The molecule has 1 saturated heterocycles. The van der Waals surface area contributed by atoms with E-state index in [2.05, 4.69) is 6.07 Å². The highest BCUT2D eigenvalue weighted by molar-refractivity contribution is 6.31. The highest BCUT2D eigenvalue weighted by Gasteiger charge is 2.32. The van der Waals surface area contributed by atoms with Crippen molar-refractivity contribution < 1.29 is 5.11 Å². The number of aliphatic hydroxyl groups is 1. The predicted molar refractivity (Wildman–Crippen MR) is 57.4 cm³/mol. The average Bonchev–Trinajstić information content (AvgIpc) is 2.19. The van der Waals surface area contributed by atoms with Crippen LogP contribution in [-0.4, -0.2) is 29.2 Å². The SMILES string of the molecule is N#C[C@H](c1ccccc1Cl)N1CC(O)C1. The zero-order valence-electron chi connectivity index (χ0n) is 8.10. The van der Waals surface area contributed by atoms with E-state index in [1.165, 1.54) is 0 Å². The Balaban J connectivity index is 2.21. The van der Waals surface area contributed by atoms with Gasteiger partial charge in [-0.25, -0.2) is 0 Å². The Morgan fingerprint density at radius 2 is 2.13 bits per heavy atom. The number of benzene rings is 1. The maximum atomic E-state index is 9.19. The summed E-state index contributed by atoms with van der Waals surface area (Å²) >= 11 is 6.02. The van der Waals surface area contributed by atoms with E-state index in [-0.39, 0.29) is 12.1 Å². The smallest absolute Gasteiger partial charge is 0.125 e. The Labute approximate surface area is 93.5 Å². The third-order valence-corrected chi connectivity index (χ3v) is 2.92. The molecule has 0 spiro atoms. The summed E-state index contributed by atoms with van der Waals surface area (Å²) in [6.07, 6.45) is -0.302. The van der Waals surface area contributed by atoms with Gasteiger partial charge < -0.3 is 5.11 Å². The molecule has 3 nitrogen and oxygen atoms in total. The molecule has 15 heavy (non-hydrogen) atoms. The lowest BCUT2D eigenvalue weighted by Crippen LogP contribution is -2.51. The van der Waals surface area contributed by atoms with E-state index in [4.69, 9.17) is 16.9 Å². The Bertz CT molecular complexity index is 396. The number of β-amino-alcohol motifs (C(OH)–C–C–N with tert-alkyl or cyclic N) is 1. The fourth-order valence-corrected chi connectivity index (χ4v) is 1.98. The maximum Gasteiger partial charge on any atom is 0.125 e. The number of nitriles is 1. The first-order chi connectivity index (χ1) is 7.22. The molecule has 1 fully saturated rings. The van der Waals surface area contributed by atoms with E-state index < -0.39 is 0 Å². The molecule has 78 valence electrons. The Hall–Kier alpha value is -1.08. The Kier molecular flexibility index (Phi) is 2.92. The molecular formula is C11H11ClN2O. The van der Waals surface area contributed by atoms with Crippen LogP contribution in [0.1, 0.15) is 11.6 Å². The van der Waals surface area contributed by atoms with Gasteiger partial charge >= 0.3 is 0 Å². The summed E-state index contributed by atoms with van der Waals surface area (Å²) in [5.74, 6) is 0. The van der Waals surface area contributed by atoms with E-state index in [1.807, 2.05) is 23.1 Å². The number of hydrogen-bond acceptors (Lipinski definition) is 3. The predicted octanol–water partition coefficient (Wildman–Crippen LogP) is 1.58. The third kappa shape index (κ3) is 1.98. The van der Waals surface area contributed by atoms with Gasteiger partial charge in [0, 0.05) is 23.7 Å². The second-order valence-electron chi connectivity index (χ2n) is 3.66. The first kappa shape index (κ1) is 10.4. The van der Waals surface area contributed by atoms with Crippen molar-refractivity contribution in [1.29, 1.82) is 5.26 Å². The van der Waals surface area contributed by atoms with E-state index in [9.17, 15) is 5.11 Å². The number of nitrogens with zero attached hydrogens (tertiary/aromatic N) is 2.